The number of nitrogens with one attached hydrogen (secondary N) is 1. The number of thiophene rings is 1. The van der Waals surface area contributed by atoms with Gasteiger partial charge in [0.15, 0.2) is 0 Å². The number of halogens is 2. The van der Waals surface area contributed by atoms with Crippen LogP contribution in [0.25, 0.3) is 0 Å². The first-order valence-corrected chi connectivity index (χ1v) is 9.22. The Morgan fingerprint density at radius 2 is 2.10 bits per heavy atom. The molecule has 0 spiro atoms. The molecule has 0 saturated carbocycles. The van der Waals surface area contributed by atoms with Gasteiger partial charge >= 0.3 is 0 Å². The second-order valence-electron chi connectivity index (χ2n) is 6.53. The molecule has 0 aromatic carbocycles. The highest BCUT2D eigenvalue weighted by atomic mass is 79.9. The van der Waals surface area contributed by atoms with E-state index in [-0.39, 0.29) is 11.3 Å². The Kier molecular flexibility index (Phi) is 5.74. The number of rotatable bonds is 3. The predicted octanol–water partition coefficient (Wildman–Crippen LogP) is 4.29. The van der Waals surface area contributed by atoms with Gasteiger partial charge in [0.1, 0.15) is 4.34 Å². The van der Waals surface area contributed by atoms with E-state index in [1.807, 2.05) is 25.7 Å². The van der Waals surface area contributed by atoms with Crippen LogP contribution < -0.4 is 5.32 Å². The number of nitrogens with zero attached hydrogens (tertiary/aromatic N) is 1. The zero-order chi connectivity index (χ0) is 15.6. The van der Waals surface area contributed by atoms with E-state index in [1.165, 1.54) is 4.88 Å². The summed E-state index contributed by atoms with van der Waals surface area (Å²) in [4.78, 5) is 15.5. The maximum Gasteiger partial charge on any atom is 0.227 e. The summed E-state index contributed by atoms with van der Waals surface area (Å²) in [5.41, 5.74) is -0.278. The van der Waals surface area contributed by atoms with Gasteiger partial charge in [0.05, 0.1) is 0 Å². The van der Waals surface area contributed by atoms with Crippen LogP contribution in [0.3, 0.4) is 0 Å². The van der Waals surface area contributed by atoms with E-state index < -0.39 is 0 Å². The zero-order valence-electron chi connectivity index (χ0n) is 12.7. The maximum absolute atomic E-state index is 12.2. The molecule has 1 aromatic heterocycles. The van der Waals surface area contributed by atoms with Gasteiger partial charge in [0.2, 0.25) is 5.91 Å². The number of likely N-dealkylation sites (tertiary alicyclic amines) is 1. The summed E-state index contributed by atoms with van der Waals surface area (Å²) < 4.78 is 1.77. The number of carbonyl (C=O) groups is 1. The molecule has 6 heteroatoms. The molecule has 3 nitrogen and oxygen atoms in total. The molecule has 1 N–H and O–H groups in total. The van der Waals surface area contributed by atoms with E-state index in [0.29, 0.717) is 6.04 Å². The summed E-state index contributed by atoms with van der Waals surface area (Å²) in [6.45, 7) is 8.49. The highest BCUT2D eigenvalue weighted by Gasteiger charge is 2.30. The van der Waals surface area contributed by atoms with Crippen molar-refractivity contribution in [3.05, 3.63) is 19.8 Å². The first kappa shape index (κ1) is 17.3. The molecule has 1 aliphatic rings. The van der Waals surface area contributed by atoms with Crippen molar-refractivity contribution < 1.29 is 4.79 Å². The molecule has 0 atom stereocenters. The van der Waals surface area contributed by atoms with Gasteiger partial charge in [-0.3, -0.25) is 4.79 Å². The molecule has 1 saturated heterocycles. The smallest absolute Gasteiger partial charge is 0.227 e. The van der Waals surface area contributed by atoms with Crippen molar-refractivity contribution >= 4 is 44.8 Å². The lowest BCUT2D eigenvalue weighted by Crippen LogP contribution is -2.48. The van der Waals surface area contributed by atoms with Crippen LogP contribution in [0.2, 0.25) is 4.34 Å². The summed E-state index contributed by atoms with van der Waals surface area (Å²) in [5, 5.41) is 3.57. The van der Waals surface area contributed by atoms with Gasteiger partial charge in [-0.25, -0.2) is 0 Å². The fourth-order valence-corrected chi connectivity index (χ4v) is 4.23. The fraction of sp³-hybridized carbons (Fsp3) is 0.667. The second-order valence-corrected chi connectivity index (χ2v) is 9.12. The molecule has 0 unspecified atom stereocenters. The Hall–Kier alpha value is -0.100. The average Bonchev–Trinajstić information content (AvgIpc) is 2.74. The molecule has 0 bridgehead atoms. The number of hydrogen-bond donors (Lipinski definition) is 1. The lowest BCUT2D eigenvalue weighted by atomic mass is 9.93. The third kappa shape index (κ3) is 4.68. The Morgan fingerprint density at radius 1 is 1.48 bits per heavy atom. The average molecular weight is 394 g/mol. The van der Waals surface area contributed by atoms with Crippen LogP contribution in [0.4, 0.5) is 0 Å². The molecule has 0 aliphatic carbocycles. The van der Waals surface area contributed by atoms with Crippen molar-refractivity contribution in [1.29, 1.82) is 0 Å². The molecule has 1 aromatic rings. The molecular formula is C15H22BrClN2OS. The summed E-state index contributed by atoms with van der Waals surface area (Å²) >= 11 is 11.1. The SMILES string of the molecule is CC(C)(C)C(=O)N1CCC(NCc2cc(Br)c(Cl)s2)CC1. The minimum atomic E-state index is -0.278. The molecule has 0 radical (unpaired) electrons. The van der Waals surface area contributed by atoms with E-state index in [4.69, 9.17) is 11.6 Å². The van der Waals surface area contributed by atoms with Crippen LogP contribution in [0.1, 0.15) is 38.5 Å². The Morgan fingerprint density at radius 3 is 2.57 bits per heavy atom. The van der Waals surface area contributed by atoms with Crippen molar-refractivity contribution in [2.75, 3.05) is 13.1 Å². The van der Waals surface area contributed by atoms with E-state index in [0.717, 1.165) is 41.3 Å². The molecule has 21 heavy (non-hydrogen) atoms. The van der Waals surface area contributed by atoms with Gasteiger partial charge < -0.3 is 10.2 Å². The molecule has 2 rings (SSSR count). The van der Waals surface area contributed by atoms with Crippen LogP contribution in [-0.4, -0.2) is 29.9 Å². The van der Waals surface area contributed by atoms with Crippen LogP contribution in [0.15, 0.2) is 10.5 Å². The third-order valence-corrected chi connectivity index (χ3v) is 6.16. The summed E-state index contributed by atoms with van der Waals surface area (Å²) in [6.07, 6.45) is 2.03. The zero-order valence-corrected chi connectivity index (χ0v) is 15.9. The molecule has 1 aliphatic heterocycles. The van der Waals surface area contributed by atoms with Crippen molar-refractivity contribution in [2.45, 2.75) is 46.2 Å². The molecule has 2 heterocycles. The van der Waals surface area contributed by atoms with Crippen molar-refractivity contribution in [2.24, 2.45) is 5.41 Å². The Labute approximate surface area is 144 Å². The fourth-order valence-electron chi connectivity index (χ4n) is 2.48. The van der Waals surface area contributed by atoms with Crippen molar-refractivity contribution in [3.8, 4) is 0 Å². The maximum atomic E-state index is 12.2. The van der Waals surface area contributed by atoms with Crippen molar-refractivity contribution in [1.82, 2.24) is 10.2 Å². The van der Waals surface area contributed by atoms with E-state index >= 15 is 0 Å². The normalized spacial score (nSPS) is 17.3. The third-order valence-electron chi connectivity index (χ3n) is 3.68. The second kappa shape index (κ2) is 6.99. The standard InChI is InChI=1S/C15H22BrClN2OS/c1-15(2,3)14(20)19-6-4-10(5-7-19)18-9-11-8-12(16)13(17)21-11/h8,10,18H,4-7,9H2,1-3H3. The summed E-state index contributed by atoms with van der Waals surface area (Å²) in [6, 6.07) is 2.55. The first-order valence-electron chi connectivity index (χ1n) is 7.24. The van der Waals surface area contributed by atoms with Gasteiger partial charge in [-0.2, -0.15) is 0 Å². The highest BCUT2D eigenvalue weighted by Crippen LogP contribution is 2.32. The van der Waals surface area contributed by atoms with Gasteiger partial charge in [0, 0.05) is 40.4 Å². The quantitative estimate of drug-likeness (QED) is 0.831. The molecule has 1 fully saturated rings. The lowest BCUT2D eigenvalue weighted by molar-refractivity contribution is -0.140. The van der Waals surface area contributed by atoms with E-state index in [1.54, 1.807) is 11.3 Å². The summed E-state index contributed by atoms with van der Waals surface area (Å²) in [5.74, 6) is 0.259. The highest BCUT2D eigenvalue weighted by molar-refractivity contribution is 9.10. The van der Waals surface area contributed by atoms with Gasteiger partial charge in [-0.1, -0.05) is 32.4 Å². The van der Waals surface area contributed by atoms with Crippen LogP contribution in [0.5, 0.6) is 0 Å². The minimum Gasteiger partial charge on any atom is -0.342 e. The van der Waals surface area contributed by atoms with Crippen LogP contribution >= 0.6 is 38.9 Å². The number of carbonyl (C=O) groups excluding carboxylic acids is 1. The molecule has 118 valence electrons. The topological polar surface area (TPSA) is 32.3 Å². The van der Waals surface area contributed by atoms with Crippen LogP contribution in [-0.2, 0) is 11.3 Å². The van der Waals surface area contributed by atoms with Gasteiger partial charge in [-0.05, 0) is 34.8 Å². The Balaban J connectivity index is 1.78. The predicted molar refractivity (Wildman–Crippen MR) is 92.9 cm³/mol. The minimum absolute atomic E-state index is 0.259. The monoisotopic (exact) mass is 392 g/mol. The van der Waals surface area contributed by atoms with E-state index in [9.17, 15) is 4.79 Å². The largest absolute Gasteiger partial charge is 0.342 e. The number of hydrogen-bond acceptors (Lipinski definition) is 3. The first-order chi connectivity index (χ1) is 9.77. The summed E-state index contributed by atoms with van der Waals surface area (Å²) in [7, 11) is 0. The van der Waals surface area contributed by atoms with E-state index in [2.05, 4.69) is 27.3 Å². The number of piperidine rings is 1. The molecular weight excluding hydrogens is 372 g/mol. The Bertz CT molecular complexity index is 485. The van der Waals surface area contributed by atoms with Gasteiger partial charge in [0.25, 0.3) is 0 Å². The van der Waals surface area contributed by atoms with Crippen molar-refractivity contribution in [3.63, 3.8) is 0 Å². The van der Waals surface area contributed by atoms with Crippen LogP contribution in [0, 0.1) is 5.41 Å². The lowest BCUT2D eigenvalue weighted by Gasteiger charge is -2.36. The van der Waals surface area contributed by atoms with Gasteiger partial charge in [-0.15, -0.1) is 11.3 Å². The number of amides is 1. The molecule has 1 amide bonds.